The third-order valence-corrected chi connectivity index (χ3v) is 10.2. The van der Waals surface area contributed by atoms with E-state index in [0.29, 0.717) is 16.7 Å². The lowest BCUT2D eigenvalue weighted by atomic mass is 9.47. The van der Waals surface area contributed by atoms with Crippen LogP contribution in [0.5, 0.6) is 0 Å². The Morgan fingerprint density at radius 1 is 1.21 bits per heavy atom. The van der Waals surface area contributed by atoms with Crippen molar-refractivity contribution in [3.05, 3.63) is 22.7 Å². The molecular weight excluding hydrogens is 368 g/mol. The zero-order chi connectivity index (χ0) is 19.5. The van der Waals surface area contributed by atoms with Crippen molar-refractivity contribution in [2.75, 3.05) is 5.32 Å². The van der Waals surface area contributed by atoms with Crippen LogP contribution in [0, 0.1) is 28.6 Å². The van der Waals surface area contributed by atoms with E-state index in [1.54, 1.807) is 16.9 Å². The Bertz CT molecular complexity index is 804. The molecule has 0 unspecified atom stereocenters. The standard InChI is InChI=1S/C23H32N2O2S/c1-22-9-7-15(27)11-14(22)3-4-16-17-5-6-19(23(17,2)10-8-18(16)22)20-12-24-21(28-20)25-13-26/h3,12-13,15-19,27H,4-11H2,1-2H3,(H,24,25,26)/t15-,16-,17-,18-,19+,22-,23-/m0/s1. The summed E-state index contributed by atoms with van der Waals surface area (Å²) in [6.07, 6.45) is 14.5. The van der Waals surface area contributed by atoms with Gasteiger partial charge in [-0.05, 0) is 80.0 Å². The Balaban J connectivity index is 1.43. The van der Waals surface area contributed by atoms with E-state index in [1.807, 2.05) is 6.20 Å². The molecular formula is C23H32N2O2S. The minimum Gasteiger partial charge on any atom is -0.393 e. The third-order valence-electron chi connectivity index (χ3n) is 9.13. The molecule has 4 aliphatic rings. The summed E-state index contributed by atoms with van der Waals surface area (Å²) in [5, 5.41) is 13.6. The first-order chi connectivity index (χ1) is 13.5. The fourth-order valence-electron chi connectivity index (χ4n) is 7.67. The van der Waals surface area contributed by atoms with E-state index in [9.17, 15) is 9.90 Å². The van der Waals surface area contributed by atoms with Crippen LogP contribution in [0.3, 0.4) is 0 Å². The molecule has 5 rings (SSSR count). The number of amides is 1. The molecule has 152 valence electrons. The highest BCUT2D eigenvalue weighted by molar-refractivity contribution is 7.15. The van der Waals surface area contributed by atoms with E-state index in [2.05, 4.69) is 30.2 Å². The van der Waals surface area contributed by atoms with Crippen molar-refractivity contribution < 1.29 is 9.90 Å². The third kappa shape index (κ3) is 2.65. The van der Waals surface area contributed by atoms with Gasteiger partial charge in [0.25, 0.3) is 0 Å². The van der Waals surface area contributed by atoms with Crippen LogP contribution in [0.4, 0.5) is 5.13 Å². The van der Waals surface area contributed by atoms with Crippen molar-refractivity contribution in [1.29, 1.82) is 0 Å². The molecule has 2 N–H and O–H groups in total. The van der Waals surface area contributed by atoms with Crippen LogP contribution in [0.1, 0.15) is 76.0 Å². The summed E-state index contributed by atoms with van der Waals surface area (Å²) in [5.74, 6) is 2.92. The maximum absolute atomic E-state index is 10.8. The molecule has 3 saturated carbocycles. The minimum atomic E-state index is -0.124. The Morgan fingerprint density at radius 2 is 2.07 bits per heavy atom. The number of allylic oxidation sites excluding steroid dienone is 1. The lowest BCUT2D eigenvalue weighted by Crippen LogP contribution is -2.50. The number of carbonyl (C=O) groups excluding carboxylic acids is 1. The quantitative estimate of drug-likeness (QED) is 0.547. The molecule has 28 heavy (non-hydrogen) atoms. The predicted octanol–water partition coefficient (Wildman–Crippen LogP) is 5.12. The zero-order valence-electron chi connectivity index (χ0n) is 17.0. The molecule has 0 saturated heterocycles. The first-order valence-corrected chi connectivity index (χ1v) is 11.8. The second-order valence-corrected chi connectivity index (χ2v) is 11.2. The molecule has 7 atom stereocenters. The topological polar surface area (TPSA) is 62.2 Å². The van der Waals surface area contributed by atoms with Gasteiger partial charge < -0.3 is 10.4 Å². The van der Waals surface area contributed by atoms with Crippen LogP contribution in [-0.4, -0.2) is 22.6 Å². The Labute approximate surface area is 171 Å². The van der Waals surface area contributed by atoms with E-state index >= 15 is 0 Å². The predicted molar refractivity (Wildman–Crippen MR) is 112 cm³/mol. The Hall–Kier alpha value is -1.20. The molecule has 0 spiro atoms. The normalized spacial score (nSPS) is 44.8. The number of nitrogens with zero attached hydrogens (tertiary/aromatic N) is 1. The number of anilines is 1. The van der Waals surface area contributed by atoms with E-state index in [1.165, 1.54) is 37.0 Å². The van der Waals surface area contributed by atoms with Crippen LogP contribution in [0.25, 0.3) is 0 Å². The van der Waals surface area contributed by atoms with Crippen LogP contribution < -0.4 is 5.32 Å². The Morgan fingerprint density at radius 3 is 2.89 bits per heavy atom. The second kappa shape index (κ2) is 6.66. The van der Waals surface area contributed by atoms with Gasteiger partial charge in [-0.25, -0.2) is 4.98 Å². The van der Waals surface area contributed by atoms with Gasteiger partial charge in [-0.15, -0.1) is 11.3 Å². The maximum atomic E-state index is 10.8. The van der Waals surface area contributed by atoms with Crippen molar-refractivity contribution in [3.8, 4) is 0 Å². The van der Waals surface area contributed by atoms with Crippen molar-refractivity contribution in [2.45, 2.75) is 77.2 Å². The second-order valence-electron chi connectivity index (χ2n) is 10.2. The summed E-state index contributed by atoms with van der Waals surface area (Å²) in [6, 6.07) is 0. The van der Waals surface area contributed by atoms with Crippen LogP contribution in [-0.2, 0) is 4.79 Å². The first-order valence-electron chi connectivity index (χ1n) is 11.0. The number of carbonyl (C=O) groups is 1. The molecule has 1 amide bonds. The molecule has 4 nitrogen and oxygen atoms in total. The van der Waals surface area contributed by atoms with Crippen molar-refractivity contribution in [2.24, 2.45) is 28.6 Å². The van der Waals surface area contributed by atoms with E-state index in [4.69, 9.17) is 0 Å². The van der Waals surface area contributed by atoms with Crippen molar-refractivity contribution >= 4 is 22.9 Å². The summed E-state index contributed by atoms with van der Waals surface area (Å²) >= 11 is 1.66. The number of hydrogen-bond acceptors (Lipinski definition) is 4. The molecule has 1 heterocycles. The summed E-state index contributed by atoms with van der Waals surface area (Å²) < 4.78 is 0. The fraction of sp³-hybridized carbons (Fsp3) is 0.739. The van der Waals surface area contributed by atoms with Crippen molar-refractivity contribution in [3.63, 3.8) is 0 Å². The molecule has 1 aromatic heterocycles. The summed E-state index contributed by atoms with van der Waals surface area (Å²) in [4.78, 5) is 16.5. The van der Waals surface area contributed by atoms with Gasteiger partial charge in [0, 0.05) is 17.0 Å². The first kappa shape index (κ1) is 18.8. The van der Waals surface area contributed by atoms with Gasteiger partial charge in [-0.1, -0.05) is 25.5 Å². The number of thiazole rings is 1. The van der Waals surface area contributed by atoms with Crippen LogP contribution in [0.2, 0.25) is 0 Å². The number of hydrogen-bond donors (Lipinski definition) is 2. The van der Waals surface area contributed by atoms with E-state index < -0.39 is 0 Å². The van der Waals surface area contributed by atoms with Crippen molar-refractivity contribution in [1.82, 2.24) is 4.98 Å². The van der Waals surface area contributed by atoms with Gasteiger partial charge in [-0.2, -0.15) is 0 Å². The SMILES string of the molecule is C[C@]12CC[C@H]3[C@@H](CC=C4C[C@@H](O)CC[C@@]43C)[C@@H]1CC[C@@H]2c1cnc(NC=O)s1. The number of rotatable bonds is 3. The zero-order valence-corrected chi connectivity index (χ0v) is 17.8. The summed E-state index contributed by atoms with van der Waals surface area (Å²) in [6.45, 7) is 5.03. The molecule has 0 bridgehead atoms. The van der Waals surface area contributed by atoms with Gasteiger partial charge >= 0.3 is 0 Å². The monoisotopic (exact) mass is 400 g/mol. The number of aliphatic hydroxyl groups excluding tert-OH is 1. The molecule has 0 radical (unpaired) electrons. The van der Waals surface area contributed by atoms with Gasteiger partial charge in [0.15, 0.2) is 5.13 Å². The lowest BCUT2D eigenvalue weighted by Gasteiger charge is -2.58. The number of nitrogens with one attached hydrogen (secondary N) is 1. The fourth-order valence-corrected chi connectivity index (χ4v) is 8.74. The number of aliphatic hydroxyl groups is 1. The largest absolute Gasteiger partial charge is 0.393 e. The molecule has 3 fully saturated rings. The molecule has 0 aliphatic heterocycles. The number of fused-ring (bicyclic) bond motifs is 5. The van der Waals surface area contributed by atoms with Crippen LogP contribution >= 0.6 is 11.3 Å². The van der Waals surface area contributed by atoms with E-state index in [0.717, 1.165) is 48.6 Å². The molecule has 1 aromatic rings. The minimum absolute atomic E-state index is 0.124. The molecule has 5 heteroatoms. The van der Waals surface area contributed by atoms with Gasteiger partial charge in [-0.3, -0.25) is 4.79 Å². The average molecular weight is 401 g/mol. The van der Waals surface area contributed by atoms with Gasteiger partial charge in [0.2, 0.25) is 6.41 Å². The van der Waals surface area contributed by atoms with Gasteiger partial charge in [0.1, 0.15) is 0 Å². The Kier molecular flexibility index (Phi) is 4.48. The highest BCUT2D eigenvalue weighted by Gasteiger charge is 2.58. The maximum Gasteiger partial charge on any atom is 0.213 e. The molecule has 4 aliphatic carbocycles. The van der Waals surface area contributed by atoms with Crippen LogP contribution in [0.15, 0.2) is 17.8 Å². The van der Waals surface area contributed by atoms with E-state index in [-0.39, 0.29) is 6.10 Å². The molecule has 0 aromatic carbocycles. The summed E-state index contributed by atoms with van der Waals surface area (Å²) in [5.41, 5.74) is 2.22. The lowest BCUT2D eigenvalue weighted by molar-refractivity contribution is -0.105. The average Bonchev–Trinajstić information content (AvgIpc) is 3.26. The number of aromatic nitrogens is 1. The smallest absolute Gasteiger partial charge is 0.213 e. The highest BCUT2D eigenvalue weighted by Crippen LogP contribution is 2.68. The summed E-state index contributed by atoms with van der Waals surface area (Å²) in [7, 11) is 0. The highest BCUT2D eigenvalue weighted by atomic mass is 32.1. The van der Waals surface area contributed by atoms with Gasteiger partial charge in [0.05, 0.1) is 6.10 Å².